The molecule has 5 aliphatic rings. The van der Waals surface area contributed by atoms with E-state index in [1.807, 2.05) is 13.2 Å². The van der Waals surface area contributed by atoms with Crippen LogP contribution in [0.2, 0.25) is 0 Å². The Labute approximate surface area is 782 Å². The molecule has 720 valence electrons. The normalized spacial score (nSPS) is 26.6. The first kappa shape index (κ1) is 105. The predicted octanol–water partition coefficient (Wildman–Crippen LogP) is 9.55. The summed E-state index contributed by atoms with van der Waals surface area (Å²) in [5, 5.41) is 108. The second-order valence-corrected chi connectivity index (χ2v) is 63.0. The summed E-state index contributed by atoms with van der Waals surface area (Å²) in [4.78, 5) is 43.2. The molecule has 0 aliphatic carbocycles. The molecule has 21 N–H and O–H groups in total. The highest BCUT2D eigenvalue weighted by atomic mass is 32.2. The van der Waals surface area contributed by atoms with Gasteiger partial charge in [-0.25, -0.2) is 44.9 Å². The summed E-state index contributed by atoms with van der Waals surface area (Å²) in [5.74, 6) is 2.57. The number of imidazole rings is 5. The first-order valence-electron chi connectivity index (χ1n) is 43.3. The molecule has 130 heavy (non-hydrogen) atoms. The second kappa shape index (κ2) is 44.4. The lowest BCUT2D eigenvalue weighted by molar-refractivity contribution is -0.0400. The van der Waals surface area contributed by atoms with Crippen LogP contribution in [0.4, 0.5) is 28.4 Å². The van der Waals surface area contributed by atoms with Crippen molar-refractivity contribution in [1.29, 1.82) is 0 Å². The van der Waals surface area contributed by atoms with Crippen LogP contribution in [-0.2, 0) is 23.7 Å². The van der Waals surface area contributed by atoms with Crippen molar-refractivity contribution < 1.29 is 74.7 Å². The number of nitrogen functional groups attached to an aromatic ring is 5. The van der Waals surface area contributed by atoms with E-state index in [0.29, 0.717) is 142 Å². The van der Waals surface area contributed by atoms with Gasteiger partial charge in [0, 0.05) is 42.5 Å². The van der Waals surface area contributed by atoms with Crippen molar-refractivity contribution in [2.75, 3.05) is 150 Å². The highest BCUT2D eigenvalue weighted by Crippen LogP contribution is 2.49. The number of nitrogens with two attached hydrogens (primary N) is 5. The van der Waals surface area contributed by atoms with Crippen molar-refractivity contribution >= 4 is 209 Å². The molecule has 15 rings (SSSR count). The number of aromatic nitrogens is 15. The van der Waals surface area contributed by atoms with E-state index in [1.165, 1.54) is 23.5 Å². The van der Waals surface area contributed by atoms with Crippen LogP contribution >= 0.6 is 93.7 Å². The summed E-state index contributed by atoms with van der Waals surface area (Å²) >= 11 is 11.4. The Kier molecular flexibility index (Phi) is 35.9. The first-order chi connectivity index (χ1) is 61.1. The molecule has 0 unspecified atom stereocenters. The van der Waals surface area contributed by atoms with Crippen LogP contribution in [0.1, 0.15) is 103 Å². The molecule has 15 heterocycles. The van der Waals surface area contributed by atoms with Crippen LogP contribution in [0.15, 0.2) is 81.9 Å². The number of rotatable bonds is 30. The minimum Gasteiger partial charge on any atom is -0.397 e. The van der Waals surface area contributed by atoms with E-state index in [0.717, 1.165) is 67.3 Å². The van der Waals surface area contributed by atoms with Gasteiger partial charge in [0.15, 0.2) is 84.8 Å². The maximum absolute atomic E-state index is 10.8. The molecule has 20 atom stereocenters. The largest absolute Gasteiger partial charge is 0.397 e. The molecular weight excluding hydrogens is 1860 g/mol. The molecule has 5 aliphatic heterocycles. The Morgan fingerprint density at radius 1 is 0.362 bits per heavy atom. The maximum atomic E-state index is 10.8. The van der Waals surface area contributed by atoms with Crippen LogP contribution in [0, 0.1) is 4.77 Å². The van der Waals surface area contributed by atoms with Crippen molar-refractivity contribution in [3.05, 3.63) is 66.1 Å². The summed E-state index contributed by atoms with van der Waals surface area (Å²) in [6, 6.07) is 8.47. The van der Waals surface area contributed by atoms with Gasteiger partial charge in [-0.1, -0.05) is 74.2 Å². The van der Waals surface area contributed by atoms with E-state index in [4.69, 9.17) is 64.6 Å². The van der Waals surface area contributed by atoms with Gasteiger partial charge in [0.25, 0.3) is 0 Å². The molecule has 0 radical (unpaired) electrons. The number of hydrogen-bond donors (Lipinski definition) is 16. The topological polar surface area (TPSA) is 535 Å². The van der Waals surface area contributed by atoms with Crippen LogP contribution in [0.3, 0.4) is 0 Å². The van der Waals surface area contributed by atoms with E-state index >= 15 is 0 Å². The maximum Gasteiger partial charge on any atom is 0.181 e. The number of aliphatic hydroxyl groups is 10. The van der Waals surface area contributed by atoms with Gasteiger partial charge < -0.3 is 108 Å². The number of ether oxygens (including phenoxy) is 5. The number of aromatic amines is 1. The van der Waals surface area contributed by atoms with Gasteiger partial charge in [-0.3, -0.25) is 22.8 Å². The number of anilines is 5. The lowest BCUT2D eigenvalue weighted by Gasteiger charge is -2.19. The predicted molar refractivity (Wildman–Crippen MR) is 548 cm³/mol. The molecular formula is C85H135N20O15P5S5. The lowest BCUT2D eigenvalue weighted by Crippen LogP contribution is -2.32. The Morgan fingerprint density at radius 2 is 0.615 bits per heavy atom. The number of pyridine rings is 5. The summed E-state index contributed by atoms with van der Waals surface area (Å²) in [5.41, 5.74) is 38.5. The molecule has 35 nitrogen and oxygen atoms in total. The van der Waals surface area contributed by atoms with Crippen molar-refractivity contribution in [1.82, 2.24) is 72.7 Å². The standard InChI is InChI=1S/C19H31N4O3PS.C18H29N4O3PS.C17H27N4O3PS.C16H25N4O3PS.C15H23N4O3PS/c1-5-6-11-28-19-22-14-12(20)7-9-21-17(14)23(19)18-16(25)15(24)13(26-18)8-10-27(2,3)4;1-5-10-27-18-21-13-11(19)6-8-20-16(13)22(18)17-15(24)14(23)12(25-17)7-9-26(2,3)4;1-5-26-17-20-12-10(18)6-8-19-15(12)21(17)16-14(23)13(22)11(24-16)7-9-25(2,3)4;1-24(2,3)8-6-10-12(21)13(22)15(23-10)20-14-11(19-16(20)25-4)9(17)5-7-18-14;1-23(2,3)7-5-9-11(20)12(21)14(22-9)19-13-10(18-15(19)24)8(16)4-6-17-13/h7,9,13,15-16,18,24-25H,2,5-6,8,10-11H2,1,3-4H3,(H2,20,21);6,8,12,14-15,17,23-24H,2,5,7,9-10H2,1,3-4H3,(H2,19,20);6,8,11,13-14,16,22-23H,2,5,7,9H2,1,3-4H3,(H2,18,19);5,7,10,12-13,15,21-22H,1,6,8H2,2-4H3,(H2,17,18);4,6,9,11-12,14,20-21H,1,5,7H2,2-3H3,(H2,16,17)(H,18,24)/t13-,15-,16-,18-;12-,14-,15-,17-;11-,13-,14-,16-;10-,12-,13-,15-;9-,11-,12-,14-/m11111/s1. The number of hydrogen-bond acceptors (Lipinski definition) is 34. The van der Waals surface area contributed by atoms with Crippen molar-refractivity contribution in [2.24, 2.45) is 0 Å². The van der Waals surface area contributed by atoms with E-state index in [9.17, 15) is 51.1 Å². The molecule has 45 heteroatoms. The number of aliphatic hydroxyl groups excluding tert-OH is 10. The Morgan fingerprint density at radius 3 is 0.885 bits per heavy atom. The van der Waals surface area contributed by atoms with Gasteiger partial charge in [-0.15, -0.1) is 65.9 Å². The fourth-order valence-electron chi connectivity index (χ4n) is 15.5. The van der Waals surface area contributed by atoms with Crippen LogP contribution < -0.4 is 28.7 Å². The zero-order valence-electron chi connectivity index (χ0n) is 76.6. The van der Waals surface area contributed by atoms with Crippen LogP contribution in [-0.4, -0.2) is 368 Å². The summed E-state index contributed by atoms with van der Waals surface area (Å²) in [7, 11) is 0. The van der Waals surface area contributed by atoms with Crippen molar-refractivity contribution in [3.63, 3.8) is 0 Å². The number of fused-ring (bicyclic) bond motifs is 5. The minimum atomic E-state index is -1.24. The average molecular weight is 1990 g/mol. The third-order valence-electron chi connectivity index (χ3n) is 22.6. The Bertz CT molecular complexity index is 5860. The molecule has 0 bridgehead atoms. The van der Waals surface area contributed by atoms with E-state index in [-0.39, 0.29) is 0 Å². The molecule has 5 fully saturated rings. The monoisotopic (exact) mass is 1990 g/mol. The number of unbranched alkanes of at least 4 members (excludes halogenated alkanes) is 1. The van der Waals surface area contributed by atoms with E-state index in [2.05, 4.69) is 162 Å². The fourth-order valence-corrected chi connectivity index (χ4v) is 23.9. The van der Waals surface area contributed by atoms with Crippen LogP contribution in [0.5, 0.6) is 0 Å². The third-order valence-corrected chi connectivity index (χ3v) is 34.0. The molecule has 10 aromatic heterocycles. The SMILES string of the molecule is C=P(C)(C)CC[C@H]1O[C@@H](n2c(=S)[nH]c3c(N)ccnc32)[C@H](O)[C@@H]1O.C=P(C)(C)CC[C@H]1O[C@@H](n2c(SC)nc3c(N)ccnc32)[C@H](O)[C@@H]1O.C=P(C)(C)CC[C@H]1O[C@@H](n2c(SCC)nc3c(N)ccnc32)[C@H](O)[C@@H]1O.C=P(C)(C)CC[C@H]1O[C@@H](n2c(SCCC)nc3c(N)ccnc32)[C@H](O)[C@@H]1O.C=P(C)(C)CC[C@H]1O[C@@H](n2c(SCCCC)nc3c(N)ccnc32)[C@H](O)[C@@H]1O. The third kappa shape index (κ3) is 25.1. The van der Waals surface area contributed by atoms with Crippen LogP contribution in [0.25, 0.3) is 55.8 Å². The van der Waals surface area contributed by atoms with E-state index in [1.54, 1.807) is 108 Å². The second-order valence-electron chi connectivity index (χ2n) is 36.9. The molecule has 0 spiro atoms. The number of nitrogens with zero attached hydrogens (tertiary/aromatic N) is 14. The number of nitrogens with one attached hydrogen (secondary N) is 1. The van der Waals surface area contributed by atoms with Gasteiger partial charge in [0.1, 0.15) is 88.6 Å². The molecule has 10 aromatic rings. The van der Waals surface area contributed by atoms with Gasteiger partial charge in [0.05, 0.1) is 59.0 Å². The highest BCUT2D eigenvalue weighted by Gasteiger charge is 2.50. The van der Waals surface area contributed by atoms with Gasteiger partial charge in [-0.2, -0.15) is 0 Å². The van der Waals surface area contributed by atoms with Crippen molar-refractivity contribution in [3.8, 4) is 0 Å². The Balaban J connectivity index is 0.000000157. The van der Waals surface area contributed by atoms with Gasteiger partial charge in [0.2, 0.25) is 0 Å². The number of H-pyrrole nitrogens is 1. The fraction of sp³-hybridized carbons (Fsp3) is 0.588. The quantitative estimate of drug-likeness (QED) is 0.00861. The van der Waals surface area contributed by atoms with Gasteiger partial charge >= 0.3 is 0 Å². The van der Waals surface area contributed by atoms with Crippen molar-refractivity contribution in [2.45, 2.75) is 215 Å². The minimum absolute atomic E-state index is 0.345. The Hall–Kier alpha value is -5.38. The molecule has 0 saturated carbocycles. The number of thioether (sulfide) groups is 4. The summed E-state index contributed by atoms with van der Waals surface area (Å²) in [6.07, 6.45) is 25.7. The smallest absolute Gasteiger partial charge is 0.181 e. The van der Waals surface area contributed by atoms with Gasteiger partial charge in [-0.05, 0) is 197 Å². The average Bonchev–Trinajstić information content (AvgIpc) is 1.62. The highest BCUT2D eigenvalue weighted by molar-refractivity contribution is 7.99. The summed E-state index contributed by atoms with van der Waals surface area (Å²) < 4.78 is 39.3. The van der Waals surface area contributed by atoms with E-state index < -0.39 is 157 Å². The zero-order valence-corrected chi connectivity index (χ0v) is 85.2. The lowest BCUT2D eigenvalue weighted by atomic mass is 10.1. The molecule has 5 saturated heterocycles. The molecule has 0 amide bonds. The summed E-state index contributed by atoms with van der Waals surface area (Å²) in [6.45, 7) is 21.5. The zero-order chi connectivity index (χ0) is 95.3. The first-order valence-corrected chi connectivity index (χ1v) is 63.2. The molecule has 0 aromatic carbocycles.